The predicted octanol–water partition coefficient (Wildman–Crippen LogP) is 4.51. The van der Waals surface area contributed by atoms with Crippen LogP contribution in [-0.4, -0.2) is 19.6 Å². The Labute approximate surface area is 144 Å². The van der Waals surface area contributed by atoms with Crippen LogP contribution in [0.5, 0.6) is 11.5 Å². The Balaban J connectivity index is 2.09. The SMILES string of the molecule is CCOc1cc(/C=C/C(=O)Nc2ccccc2Br)ccc1OC. The third-order valence-electron chi connectivity index (χ3n) is 3.05. The first-order valence-electron chi connectivity index (χ1n) is 7.18. The number of hydrogen-bond acceptors (Lipinski definition) is 3. The van der Waals surface area contributed by atoms with E-state index in [1.54, 1.807) is 13.2 Å². The van der Waals surface area contributed by atoms with Crippen molar-refractivity contribution < 1.29 is 14.3 Å². The smallest absolute Gasteiger partial charge is 0.248 e. The Bertz CT molecular complexity index is 713. The molecule has 0 radical (unpaired) electrons. The van der Waals surface area contributed by atoms with Gasteiger partial charge in [-0.3, -0.25) is 4.79 Å². The highest BCUT2D eigenvalue weighted by Crippen LogP contribution is 2.28. The summed E-state index contributed by atoms with van der Waals surface area (Å²) in [5.74, 6) is 1.12. The van der Waals surface area contributed by atoms with Gasteiger partial charge in [-0.15, -0.1) is 0 Å². The Morgan fingerprint density at radius 3 is 2.70 bits per heavy atom. The summed E-state index contributed by atoms with van der Waals surface area (Å²) < 4.78 is 11.6. The molecule has 0 spiro atoms. The largest absolute Gasteiger partial charge is 0.493 e. The van der Waals surface area contributed by atoms with Crippen molar-refractivity contribution in [2.75, 3.05) is 19.0 Å². The molecule has 2 aromatic carbocycles. The lowest BCUT2D eigenvalue weighted by molar-refractivity contribution is -0.111. The van der Waals surface area contributed by atoms with Crippen LogP contribution in [0.3, 0.4) is 0 Å². The number of carbonyl (C=O) groups excluding carboxylic acids is 1. The number of methoxy groups -OCH3 is 1. The van der Waals surface area contributed by atoms with Crippen molar-refractivity contribution in [3.05, 3.63) is 58.6 Å². The first kappa shape index (κ1) is 17.1. The number of nitrogens with one attached hydrogen (secondary N) is 1. The maximum atomic E-state index is 12.0. The summed E-state index contributed by atoms with van der Waals surface area (Å²) in [5, 5.41) is 2.81. The molecule has 0 fully saturated rings. The highest BCUT2D eigenvalue weighted by Gasteiger charge is 2.05. The van der Waals surface area contributed by atoms with Crippen LogP contribution in [0.15, 0.2) is 53.0 Å². The zero-order valence-corrected chi connectivity index (χ0v) is 14.6. The van der Waals surface area contributed by atoms with Crippen molar-refractivity contribution in [1.29, 1.82) is 0 Å². The summed E-state index contributed by atoms with van der Waals surface area (Å²) in [5.41, 5.74) is 1.59. The van der Waals surface area contributed by atoms with Crippen molar-refractivity contribution >= 4 is 33.6 Å². The summed E-state index contributed by atoms with van der Waals surface area (Å²) in [6, 6.07) is 13.0. The molecule has 2 rings (SSSR count). The second-order valence-corrected chi connectivity index (χ2v) is 5.50. The van der Waals surface area contributed by atoms with Gasteiger partial charge < -0.3 is 14.8 Å². The zero-order valence-electron chi connectivity index (χ0n) is 13.0. The average molecular weight is 376 g/mol. The molecule has 0 unspecified atom stereocenters. The fraction of sp³-hybridized carbons (Fsp3) is 0.167. The molecule has 0 saturated heterocycles. The molecule has 0 aliphatic heterocycles. The molecule has 0 saturated carbocycles. The number of para-hydroxylation sites is 1. The van der Waals surface area contributed by atoms with Gasteiger partial charge in [0.25, 0.3) is 0 Å². The molecule has 0 aliphatic carbocycles. The van der Waals surface area contributed by atoms with E-state index in [9.17, 15) is 4.79 Å². The van der Waals surface area contributed by atoms with E-state index in [0.717, 1.165) is 15.7 Å². The average Bonchev–Trinajstić information content (AvgIpc) is 2.55. The van der Waals surface area contributed by atoms with Gasteiger partial charge in [0, 0.05) is 10.5 Å². The Morgan fingerprint density at radius 2 is 2.00 bits per heavy atom. The van der Waals surface area contributed by atoms with Gasteiger partial charge in [0.05, 0.1) is 19.4 Å². The monoisotopic (exact) mass is 375 g/mol. The Hall–Kier alpha value is -2.27. The van der Waals surface area contributed by atoms with Gasteiger partial charge in [-0.25, -0.2) is 0 Å². The summed E-state index contributed by atoms with van der Waals surface area (Å²) in [6.45, 7) is 2.46. The van der Waals surface area contributed by atoms with Gasteiger partial charge in [-0.1, -0.05) is 18.2 Å². The number of benzene rings is 2. The standard InChI is InChI=1S/C18H18BrNO3/c1-3-23-17-12-13(8-10-16(17)22-2)9-11-18(21)20-15-7-5-4-6-14(15)19/h4-12H,3H2,1-2H3,(H,20,21)/b11-9+. The van der Waals surface area contributed by atoms with Crippen LogP contribution in [0.4, 0.5) is 5.69 Å². The van der Waals surface area contributed by atoms with Crippen LogP contribution in [0, 0.1) is 0 Å². The van der Waals surface area contributed by atoms with Crippen molar-refractivity contribution in [2.24, 2.45) is 0 Å². The van der Waals surface area contributed by atoms with Gasteiger partial charge in [0.2, 0.25) is 5.91 Å². The quantitative estimate of drug-likeness (QED) is 0.755. The maximum absolute atomic E-state index is 12.0. The highest BCUT2D eigenvalue weighted by molar-refractivity contribution is 9.10. The molecule has 0 atom stereocenters. The molecule has 120 valence electrons. The van der Waals surface area contributed by atoms with E-state index in [1.807, 2.05) is 49.4 Å². The topological polar surface area (TPSA) is 47.6 Å². The molecule has 5 heteroatoms. The third-order valence-corrected chi connectivity index (χ3v) is 3.74. The first-order valence-corrected chi connectivity index (χ1v) is 7.97. The van der Waals surface area contributed by atoms with E-state index in [0.29, 0.717) is 18.1 Å². The summed E-state index contributed by atoms with van der Waals surface area (Å²) in [4.78, 5) is 12.0. The van der Waals surface area contributed by atoms with Gasteiger partial charge in [0.1, 0.15) is 0 Å². The number of anilines is 1. The fourth-order valence-electron chi connectivity index (χ4n) is 1.97. The van der Waals surface area contributed by atoms with E-state index in [-0.39, 0.29) is 5.91 Å². The molecule has 0 heterocycles. The first-order chi connectivity index (χ1) is 11.1. The molecule has 4 nitrogen and oxygen atoms in total. The second-order valence-electron chi connectivity index (χ2n) is 4.65. The molecule has 0 aliphatic rings. The van der Waals surface area contributed by atoms with Gasteiger partial charge >= 0.3 is 0 Å². The number of rotatable bonds is 6. The van der Waals surface area contributed by atoms with Crippen LogP contribution < -0.4 is 14.8 Å². The van der Waals surface area contributed by atoms with Gasteiger partial charge in [0.15, 0.2) is 11.5 Å². The maximum Gasteiger partial charge on any atom is 0.248 e. The van der Waals surface area contributed by atoms with Crippen LogP contribution >= 0.6 is 15.9 Å². The van der Waals surface area contributed by atoms with Crippen molar-refractivity contribution in [3.8, 4) is 11.5 Å². The van der Waals surface area contributed by atoms with Crippen LogP contribution in [-0.2, 0) is 4.79 Å². The summed E-state index contributed by atoms with van der Waals surface area (Å²) in [6.07, 6.45) is 3.21. The van der Waals surface area contributed by atoms with E-state index >= 15 is 0 Å². The minimum atomic E-state index is -0.203. The lowest BCUT2D eigenvalue weighted by Crippen LogP contribution is -2.08. The summed E-state index contributed by atoms with van der Waals surface area (Å²) >= 11 is 3.39. The van der Waals surface area contributed by atoms with E-state index in [4.69, 9.17) is 9.47 Å². The minimum Gasteiger partial charge on any atom is -0.493 e. The third kappa shape index (κ3) is 4.86. The van der Waals surface area contributed by atoms with Crippen molar-refractivity contribution in [3.63, 3.8) is 0 Å². The fourth-order valence-corrected chi connectivity index (χ4v) is 2.36. The highest BCUT2D eigenvalue weighted by atomic mass is 79.9. The molecule has 1 amide bonds. The molecule has 23 heavy (non-hydrogen) atoms. The summed E-state index contributed by atoms with van der Waals surface area (Å²) in [7, 11) is 1.60. The lowest BCUT2D eigenvalue weighted by Gasteiger charge is -2.09. The lowest BCUT2D eigenvalue weighted by atomic mass is 10.2. The van der Waals surface area contributed by atoms with Crippen LogP contribution in [0.1, 0.15) is 12.5 Å². The normalized spacial score (nSPS) is 10.6. The molecular formula is C18H18BrNO3. The van der Waals surface area contributed by atoms with E-state index in [1.165, 1.54) is 6.08 Å². The number of carbonyl (C=O) groups is 1. The van der Waals surface area contributed by atoms with Crippen LogP contribution in [0.25, 0.3) is 6.08 Å². The minimum absolute atomic E-state index is 0.203. The number of halogens is 1. The molecule has 0 bridgehead atoms. The Morgan fingerprint density at radius 1 is 1.22 bits per heavy atom. The molecule has 1 N–H and O–H groups in total. The number of amides is 1. The molecule has 0 aromatic heterocycles. The number of ether oxygens (including phenoxy) is 2. The van der Waals surface area contributed by atoms with Gasteiger partial charge in [-0.2, -0.15) is 0 Å². The molecular weight excluding hydrogens is 358 g/mol. The predicted molar refractivity (Wildman–Crippen MR) is 96.0 cm³/mol. The zero-order chi connectivity index (χ0) is 16.7. The van der Waals surface area contributed by atoms with E-state index in [2.05, 4.69) is 21.2 Å². The van der Waals surface area contributed by atoms with Crippen molar-refractivity contribution in [2.45, 2.75) is 6.92 Å². The van der Waals surface area contributed by atoms with Crippen LogP contribution in [0.2, 0.25) is 0 Å². The number of hydrogen-bond donors (Lipinski definition) is 1. The molecule has 2 aromatic rings. The van der Waals surface area contributed by atoms with E-state index < -0.39 is 0 Å². The Kier molecular flexibility index (Phi) is 6.23. The van der Waals surface area contributed by atoms with Crippen molar-refractivity contribution in [1.82, 2.24) is 0 Å². The van der Waals surface area contributed by atoms with Gasteiger partial charge in [-0.05, 0) is 58.8 Å². The second kappa shape index (κ2) is 8.39.